The lowest BCUT2D eigenvalue weighted by molar-refractivity contribution is -0.200. The van der Waals surface area contributed by atoms with Crippen LogP contribution >= 0.6 is 22.9 Å². The van der Waals surface area contributed by atoms with E-state index in [4.69, 9.17) is 11.6 Å². The normalized spacial score (nSPS) is 21.0. The van der Waals surface area contributed by atoms with Crippen LogP contribution in [0.2, 0.25) is 5.02 Å². The van der Waals surface area contributed by atoms with Crippen LogP contribution in [0.1, 0.15) is 28.7 Å². The number of aromatic nitrogens is 1. The number of nitrogens with zero attached hydrogens (tertiary/aromatic N) is 1. The standard InChI is InChI=1S/C15H10ClF4NO2S/c1-14(15(18,19)20)3-2-9-11(12(14)23)24-13(21-9)6-4-7(16)10(22)8(17)5-6/h4-5,22H,2-3H2,1H3/t14-/m1/s1. The second-order valence-electron chi connectivity index (χ2n) is 5.74. The van der Waals surface area contributed by atoms with Gasteiger partial charge in [-0.2, -0.15) is 13.2 Å². The number of phenolic OH excluding ortho intramolecular Hbond substituents is 1. The van der Waals surface area contributed by atoms with Crippen LogP contribution in [0, 0.1) is 11.2 Å². The first kappa shape index (κ1) is 17.2. The molecule has 1 atom stereocenters. The Morgan fingerprint density at radius 3 is 2.62 bits per heavy atom. The fourth-order valence-corrected chi connectivity index (χ4v) is 3.89. The number of fused-ring (bicyclic) bond motifs is 1. The van der Waals surface area contributed by atoms with Gasteiger partial charge in [-0.15, -0.1) is 11.3 Å². The molecule has 9 heteroatoms. The van der Waals surface area contributed by atoms with Crippen molar-refractivity contribution in [2.45, 2.75) is 25.9 Å². The Kier molecular flexibility index (Phi) is 3.88. The van der Waals surface area contributed by atoms with Crippen molar-refractivity contribution in [3.8, 4) is 16.3 Å². The van der Waals surface area contributed by atoms with E-state index in [0.29, 0.717) is 0 Å². The van der Waals surface area contributed by atoms with Gasteiger partial charge in [0.25, 0.3) is 0 Å². The minimum Gasteiger partial charge on any atom is -0.504 e. The van der Waals surface area contributed by atoms with Gasteiger partial charge in [0, 0.05) is 5.56 Å². The van der Waals surface area contributed by atoms with E-state index in [1.807, 2.05) is 0 Å². The Morgan fingerprint density at radius 1 is 1.38 bits per heavy atom. The third kappa shape index (κ3) is 2.48. The highest BCUT2D eigenvalue weighted by Crippen LogP contribution is 2.49. The van der Waals surface area contributed by atoms with Gasteiger partial charge < -0.3 is 5.11 Å². The maximum Gasteiger partial charge on any atom is 0.401 e. The Balaban J connectivity index is 2.07. The molecule has 0 amide bonds. The van der Waals surface area contributed by atoms with Crippen LogP contribution in [0.5, 0.6) is 5.75 Å². The third-order valence-electron chi connectivity index (χ3n) is 4.16. The molecule has 1 aliphatic rings. The summed E-state index contributed by atoms with van der Waals surface area (Å²) >= 11 is 6.47. The molecule has 0 fully saturated rings. The Labute approximate surface area is 142 Å². The highest BCUT2D eigenvalue weighted by molar-refractivity contribution is 7.17. The number of alkyl halides is 3. The molecule has 0 aliphatic heterocycles. The topological polar surface area (TPSA) is 50.2 Å². The zero-order valence-corrected chi connectivity index (χ0v) is 13.7. The maximum atomic E-state index is 13.6. The molecular weight excluding hydrogens is 370 g/mol. The first-order valence-corrected chi connectivity index (χ1v) is 8.03. The van der Waals surface area contributed by atoms with Gasteiger partial charge >= 0.3 is 6.18 Å². The van der Waals surface area contributed by atoms with Gasteiger partial charge in [-0.3, -0.25) is 4.79 Å². The molecular formula is C15H10ClF4NO2S. The zero-order chi connectivity index (χ0) is 17.9. The smallest absolute Gasteiger partial charge is 0.401 e. The van der Waals surface area contributed by atoms with Gasteiger partial charge in [0.2, 0.25) is 0 Å². The minimum atomic E-state index is -4.65. The van der Waals surface area contributed by atoms with Crippen LogP contribution in [-0.2, 0) is 6.42 Å². The molecule has 1 N–H and O–H groups in total. The minimum absolute atomic E-state index is 0.00187. The molecule has 1 aliphatic carbocycles. The van der Waals surface area contributed by atoms with Crippen LogP contribution in [0.15, 0.2) is 12.1 Å². The molecule has 0 spiro atoms. The largest absolute Gasteiger partial charge is 0.504 e. The van der Waals surface area contributed by atoms with E-state index in [9.17, 15) is 27.5 Å². The molecule has 0 bridgehead atoms. The van der Waals surface area contributed by atoms with Crippen molar-refractivity contribution in [2.75, 3.05) is 0 Å². The molecule has 3 nitrogen and oxygen atoms in total. The number of ketones is 1. The highest BCUT2D eigenvalue weighted by atomic mass is 35.5. The molecule has 2 aromatic rings. The molecule has 24 heavy (non-hydrogen) atoms. The lowest BCUT2D eigenvalue weighted by atomic mass is 9.75. The van der Waals surface area contributed by atoms with Gasteiger partial charge in [0.15, 0.2) is 17.3 Å². The quantitative estimate of drug-likeness (QED) is 0.709. The first-order valence-electron chi connectivity index (χ1n) is 6.84. The summed E-state index contributed by atoms with van der Waals surface area (Å²) in [5.41, 5.74) is -1.98. The van der Waals surface area contributed by atoms with Crippen molar-refractivity contribution >= 4 is 28.7 Å². The Bertz CT molecular complexity index is 825. The van der Waals surface area contributed by atoms with Crippen molar-refractivity contribution in [3.05, 3.63) is 33.5 Å². The molecule has 1 heterocycles. The van der Waals surface area contributed by atoms with Crippen LogP contribution < -0.4 is 0 Å². The molecule has 3 rings (SSSR count). The fraction of sp³-hybridized carbons (Fsp3) is 0.333. The predicted octanol–water partition coefficient (Wildman–Crippen LogP) is 5.01. The maximum absolute atomic E-state index is 13.6. The highest BCUT2D eigenvalue weighted by Gasteiger charge is 2.58. The van der Waals surface area contributed by atoms with Gasteiger partial charge in [-0.1, -0.05) is 11.6 Å². The number of thiazole rings is 1. The number of hydrogen-bond donors (Lipinski definition) is 1. The van der Waals surface area contributed by atoms with Crippen LogP contribution in [0.3, 0.4) is 0 Å². The number of halogens is 5. The average molecular weight is 380 g/mol. The van der Waals surface area contributed by atoms with E-state index in [0.717, 1.165) is 24.3 Å². The fourth-order valence-electron chi connectivity index (χ4n) is 2.51. The summed E-state index contributed by atoms with van der Waals surface area (Å²) in [5, 5.41) is 9.27. The monoisotopic (exact) mass is 379 g/mol. The summed E-state index contributed by atoms with van der Waals surface area (Å²) in [5.74, 6) is -2.72. The Hall–Kier alpha value is -1.67. The molecule has 0 saturated heterocycles. The van der Waals surface area contributed by atoms with Crippen molar-refractivity contribution in [3.63, 3.8) is 0 Å². The van der Waals surface area contributed by atoms with Gasteiger partial charge in [0.05, 0.1) is 15.6 Å². The van der Waals surface area contributed by atoms with E-state index >= 15 is 0 Å². The number of rotatable bonds is 1. The van der Waals surface area contributed by atoms with E-state index in [1.54, 1.807) is 0 Å². The average Bonchev–Trinajstić information content (AvgIpc) is 2.92. The van der Waals surface area contributed by atoms with E-state index in [1.165, 1.54) is 6.07 Å². The second-order valence-corrected chi connectivity index (χ2v) is 7.15. The summed E-state index contributed by atoms with van der Waals surface area (Å²) in [6.45, 7) is 0.884. The Morgan fingerprint density at radius 2 is 2.04 bits per heavy atom. The predicted molar refractivity (Wildman–Crippen MR) is 81.0 cm³/mol. The molecule has 128 valence electrons. The van der Waals surface area contributed by atoms with Crippen LogP contribution in [-0.4, -0.2) is 22.1 Å². The van der Waals surface area contributed by atoms with Gasteiger partial charge in [-0.25, -0.2) is 9.37 Å². The lowest BCUT2D eigenvalue weighted by Crippen LogP contribution is -2.45. The molecule has 0 radical (unpaired) electrons. The summed E-state index contributed by atoms with van der Waals surface area (Å²) in [7, 11) is 0. The second kappa shape index (κ2) is 5.42. The van der Waals surface area contributed by atoms with Crippen molar-refractivity contribution < 1.29 is 27.5 Å². The van der Waals surface area contributed by atoms with E-state index in [2.05, 4.69) is 4.98 Å². The molecule has 0 unspecified atom stereocenters. The van der Waals surface area contributed by atoms with E-state index in [-0.39, 0.29) is 39.0 Å². The molecule has 1 aromatic carbocycles. The lowest BCUT2D eigenvalue weighted by Gasteiger charge is -2.32. The van der Waals surface area contributed by atoms with E-state index < -0.39 is 28.9 Å². The molecule has 1 aromatic heterocycles. The van der Waals surface area contributed by atoms with Crippen LogP contribution in [0.4, 0.5) is 17.6 Å². The molecule has 0 saturated carbocycles. The number of carbonyl (C=O) groups excluding carboxylic acids is 1. The number of aryl methyl sites for hydroxylation is 1. The first-order chi connectivity index (χ1) is 11.0. The van der Waals surface area contributed by atoms with Gasteiger partial charge in [0.1, 0.15) is 10.4 Å². The summed E-state index contributed by atoms with van der Waals surface area (Å²) < 4.78 is 53.2. The number of carbonyl (C=O) groups is 1. The SMILES string of the molecule is C[C@@]1(C(F)(F)F)CCc2nc(-c3cc(F)c(O)c(Cl)c3)sc2C1=O. The van der Waals surface area contributed by atoms with Crippen LogP contribution in [0.25, 0.3) is 10.6 Å². The number of hydrogen-bond acceptors (Lipinski definition) is 4. The van der Waals surface area contributed by atoms with Crippen molar-refractivity contribution in [2.24, 2.45) is 5.41 Å². The van der Waals surface area contributed by atoms with Crippen molar-refractivity contribution in [1.29, 1.82) is 0 Å². The van der Waals surface area contributed by atoms with Crippen molar-refractivity contribution in [1.82, 2.24) is 4.98 Å². The zero-order valence-electron chi connectivity index (χ0n) is 12.2. The number of Topliss-reactive ketones (excluding diaryl/α,β-unsaturated/α-hetero) is 1. The summed E-state index contributed by atoms with van der Waals surface area (Å²) in [6.07, 6.45) is -5.03. The summed E-state index contributed by atoms with van der Waals surface area (Å²) in [6, 6.07) is 2.22. The number of benzene rings is 1. The third-order valence-corrected chi connectivity index (χ3v) is 5.59. The number of phenols is 1. The van der Waals surface area contributed by atoms with Gasteiger partial charge in [-0.05, 0) is 31.9 Å². The number of aromatic hydroxyl groups is 1. The summed E-state index contributed by atoms with van der Waals surface area (Å²) in [4.78, 5) is 16.4.